The molecule has 0 saturated carbocycles. The van der Waals surface area contributed by atoms with Crippen molar-refractivity contribution in [3.05, 3.63) is 23.9 Å². The van der Waals surface area contributed by atoms with Crippen LogP contribution in [-0.4, -0.2) is 24.5 Å². The molecule has 0 atom stereocenters. The monoisotopic (exact) mass is 184 g/mol. The number of pyridine rings is 1. The van der Waals surface area contributed by atoms with E-state index in [9.17, 15) is 0 Å². The van der Waals surface area contributed by atoms with Crippen LogP contribution in [-0.2, 0) is 0 Å². The fraction of sp³-hybridized carbons (Fsp3) is 0.444. The largest absolute Gasteiger partial charge is 0.358 e. The van der Waals surface area contributed by atoms with Crippen LogP contribution >= 0.6 is 11.6 Å². The molecule has 0 unspecified atom stereocenters. The average molecular weight is 185 g/mol. The van der Waals surface area contributed by atoms with Crippen LogP contribution in [0.3, 0.4) is 0 Å². The van der Waals surface area contributed by atoms with Gasteiger partial charge in [-0.2, -0.15) is 0 Å². The fourth-order valence-corrected chi connectivity index (χ4v) is 1.24. The normalized spacial score (nSPS) is 9.92. The molecule has 0 aliphatic carbocycles. The molecule has 0 saturated heterocycles. The first-order chi connectivity index (χ1) is 5.74. The zero-order chi connectivity index (χ0) is 8.97. The van der Waals surface area contributed by atoms with Gasteiger partial charge in [0.05, 0.1) is 0 Å². The Kier molecular flexibility index (Phi) is 3.35. The molecular formula is C9H13ClN2. The van der Waals surface area contributed by atoms with Gasteiger partial charge >= 0.3 is 0 Å². The lowest BCUT2D eigenvalue weighted by molar-refractivity contribution is 0.935. The van der Waals surface area contributed by atoms with Crippen LogP contribution in [0.15, 0.2) is 18.2 Å². The summed E-state index contributed by atoms with van der Waals surface area (Å²) in [4.78, 5) is 6.40. The van der Waals surface area contributed by atoms with E-state index in [0.717, 1.165) is 18.1 Å². The Hall–Kier alpha value is -0.760. The van der Waals surface area contributed by atoms with Crippen LogP contribution in [0.25, 0.3) is 0 Å². The summed E-state index contributed by atoms with van der Waals surface area (Å²) in [6.45, 7) is 2.82. The summed E-state index contributed by atoms with van der Waals surface area (Å²) in [6.07, 6.45) is 0. The third-order valence-electron chi connectivity index (χ3n) is 1.68. The Morgan fingerprint density at radius 3 is 2.83 bits per heavy atom. The molecular weight excluding hydrogens is 172 g/mol. The fourth-order valence-electron chi connectivity index (χ4n) is 0.983. The number of aromatic nitrogens is 1. The zero-order valence-electron chi connectivity index (χ0n) is 7.42. The van der Waals surface area contributed by atoms with Crippen molar-refractivity contribution in [3.63, 3.8) is 0 Å². The van der Waals surface area contributed by atoms with E-state index in [2.05, 4.69) is 4.98 Å². The molecule has 0 spiro atoms. The quantitative estimate of drug-likeness (QED) is 0.669. The maximum absolute atomic E-state index is 5.62. The second-order valence-electron chi connectivity index (χ2n) is 2.75. The van der Waals surface area contributed by atoms with Gasteiger partial charge in [-0.3, -0.25) is 0 Å². The molecule has 1 heterocycles. The first-order valence-electron chi connectivity index (χ1n) is 3.95. The Labute approximate surface area is 78.2 Å². The van der Waals surface area contributed by atoms with E-state index in [1.54, 1.807) is 0 Å². The van der Waals surface area contributed by atoms with Crippen LogP contribution in [0.1, 0.15) is 5.69 Å². The van der Waals surface area contributed by atoms with E-state index < -0.39 is 0 Å². The van der Waals surface area contributed by atoms with Gasteiger partial charge in [0, 0.05) is 25.2 Å². The van der Waals surface area contributed by atoms with E-state index in [1.807, 2.05) is 37.1 Å². The summed E-state index contributed by atoms with van der Waals surface area (Å²) in [5.41, 5.74) is 1.04. The SMILES string of the molecule is Cc1cccc(N(C)CCCl)n1. The average Bonchev–Trinajstić information content (AvgIpc) is 2.05. The first kappa shape index (κ1) is 9.33. The summed E-state index contributed by atoms with van der Waals surface area (Å²) < 4.78 is 0. The van der Waals surface area contributed by atoms with Crippen LogP contribution in [0.4, 0.5) is 5.82 Å². The number of hydrogen-bond donors (Lipinski definition) is 0. The van der Waals surface area contributed by atoms with Gasteiger partial charge in [0.25, 0.3) is 0 Å². The minimum Gasteiger partial charge on any atom is -0.358 e. The summed E-state index contributed by atoms with van der Waals surface area (Å²) in [5.74, 6) is 1.61. The summed E-state index contributed by atoms with van der Waals surface area (Å²) in [6, 6.07) is 5.97. The van der Waals surface area contributed by atoms with Gasteiger partial charge in [0.15, 0.2) is 0 Å². The highest BCUT2D eigenvalue weighted by molar-refractivity contribution is 6.18. The molecule has 66 valence electrons. The van der Waals surface area contributed by atoms with Crippen LogP contribution in [0, 0.1) is 6.92 Å². The molecule has 0 aliphatic rings. The first-order valence-corrected chi connectivity index (χ1v) is 4.48. The lowest BCUT2D eigenvalue weighted by Crippen LogP contribution is -2.20. The van der Waals surface area contributed by atoms with Crippen molar-refractivity contribution in [1.82, 2.24) is 4.98 Å². The number of alkyl halides is 1. The highest BCUT2D eigenvalue weighted by Crippen LogP contribution is 2.08. The van der Waals surface area contributed by atoms with Gasteiger partial charge in [0.2, 0.25) is 0 Å². The predicted molar refractivity (Wildman–Crippen MR) is 53.0 cm³/mol. The highest BCUT2D eigenvalue weighted by Gasteiger charge is 1.99. The zero-order valence-corrected chi connectivity index (χ0v) is 8.17. The lowest BCUT2D eigenvalue weighted by atomic mass is 10.3. The topological polar surface area (TPSA) is 16.1 Å². The van der Waals surface area contributed by atoms with Crippen LogP contribution in [0.2, 0.25) is 0 Å². The summed E-state index contributed by atoms with van der Waals surface area (Å²) in [7, 11) is 1.99. The van der Waals surface area contributed by atoms with E-state index in [4.69, 9.17) is 11.6 Å². The number of anilines is 1. The molecule has 1 rings (SSSR count). The molecule has 3 heteroatoms. The van der Waals surface area contributed by atoms with Gasteiger partial charge in [0.1, 0.15) is 5.82 Å². The molecule has 0 amide bonds. The van der Waals surface area contributed by atoms with Gasteiger partial charge in [-0.25, -0.2) is 4.98 Å². The Morgan fingerprint density at radius 2 is 2.25 bits per heavy atom. The van der Waals surface area contributed by atoms with E-state index >= 15 is 0 Å². The molecule has 1 aromatic heterocycles. The minimum atomic E-state index is 0.631. The van der Waals surface area contributed by atoms with Gasteiger partial charge < -0.3 is 4.90 Å². The summed E-state index contributed by atoms with van der Waals surface area (Å²) in [5, 5.41) is 0. The van der Waals surface area contributed by atoms with E-state index in [1.165, 1.54) is 0 Å². The molecule has 1 aromatic rings. The van der Waals surface area contributed by atoms with E-state index in [-0.39, 0.29) is 0 Å². The minimum absolute atomic E-state index is 0.631. The highest BCUT2D eigenvalue weighted by atomic mass is 35.5. The van der Waals surface area contributed by atoms with Crippen molar-refractivity contribution in [3.8, 4) is 0 Å². The van der Waals surface area contributed by atoms with Crippen molar-refractivity contribution < 1.29 is 0 Å². The summed E-state index contributed by atoms with van der Waals surface area (Å²) >= 11 is 5.62. The van der Waals surface area contributed by atoms with Crippen LogP contribution < -0.4 is 4.90 Å². The molecule has 0 aliphatic heterocycles. The van der Waals surface area contributed by atoms with Gasteiger partial charge in [-0.15, -0.1) is 11.6 Å². The van der Waals surface area contributed by atoms with Crippen LogP contribution in [0.5, 0.6) is 0 Å². The second kappa shape index (κ2) is 4.31. The molecule has 0 aromatic carbocycles. The third-order valence-corrected chi connectivity index (χ3v) is 1.85. The number of rotatable bonds is 3. The Bertz CT molecular complexity index is 250. The van der Waals surface area contributed by atoms with Crippen molar-refractivity contribution in [1.29, 1.82) is 0 Å². The molecule has 0 N–H and O–H groups in total. The van der Waals surface area contributed by atoms with Crippen molar-refractivity contribution in [2.45, 2.75) is 6.92 Å². The van der Waals surface area contributed by atoms with Crippen molar-refractivity contribution in [2.24, 2.45) is 0 Å². The molecule has 2 nitrogen and oxygen atoms in total. The number of nitrogens with zero attached hydrogens (tertiary/aromatic N) is 2. The van der Waals surface area contributed by atoms with Gasteiger partial charge in [-0.1, -0.05) is 6.07 Å². The molecule has 12 heavy (non-hydrogen) atoms. The second-order valence-corrected chi connectivity index (χ2v) is 3.13. The number of aryl methyl sites for hydroxylation is 1. The maximum atomic E-state index is 5.62. The third kappa shape index (κ3) is 2.38. The lowest BCUT2D eigenvalue weighted by Gasteiger charge is -2.16. The maximum Gasteiger partial charge on any atom is 0.128 e. The molecule has 0 radical (unpaired) electrons. The van der Waals surface area contributed by atoms with Crippen molar-refractivity contribution in [2.75, 3.05) is 24.4 Å². The number of hydrogen-bond acceptors (Lipinski definition) is 2. The van der Waals surface area contributed by atoms with Gasteiger partial charge in [-0.05, 0) is 19.1 Å². The smallest absolute Gasteiger partial charge is 0.128 e. The van der Waals surface area contributed by atoms with Crippen molar-refractivity contribution >= 4 is 17.4 Å². The molecule has 0 fully saturated rings. The Morgan fingerprint density at radius 1 is 1.50 bits per heavy atom. The predicted octanol–water partition coefficient (Wildman–Crippen LogP) is 2.07. The Balaban J connectivity index is 2.73. The standard InChI is InChI=1S/C9H13ClN2/c1-8-4-3-5-9(11-8)12(2)7-6-10/h3-5H,6-7H2,1-2H3. The molecule has 0 bridgehead atoms. The van der Waals surface area contributed by atoms with E-state index in [0.29, 0.717) is 5.88 Å². The number of halogens is 1.